The van der Waals surface area contributed by atoms with Gasteiger partial charge in [-0.25, -0.2) is 4.98 Å². The first-order valence-corrected chi connectivity index (χ1v) is 9.26. The second kappa shape index (κ2) is 7.23. The predicted octanol–water partition coefficient (Wildman–Crippen LogP) is 4.64. The normalized spacial score (nSPS) is 13.2. The molecule has 4 nitrogen and oxygen atoms in total. The number of hydrogen-bond acceptors (Lipinski definition) is 3. The van der Waals surface area contributed by atoms with Gasteiger partial charge in [-0.15, -0.1) is 0 Å². The van der Waals surface area contributed by atoms with Crippen LogP contribution < -0.4 is 5.32 Å². The largest absolute Gasteiger partial charge is 0.340 e. The molecule has 0 spiro atoms. The highest BCUT2D eigenvalue weighted by molar-refractivity contribution is 5.95. The molecule has 4 heteroatoms. The van der Waals surface area contributed by atoms with E-state index in [9.17, 15) is 4.79 Å². The van der Waals surface area contributed by atoms with E-state index in [4.69, 9.17) is 0 Å². The van der Waals surface area contributed by atoms with Crippen LogP contribution in [0.1, 0.15) is 32.6 Å². The number of benzene rings is 2. The summed E-state index contributed by atoms with van der Waals surface area (Å²) in [7, 11) is 0. The van der Waals surface area contributed by atoms with Crippen molar-refractivity contribution in [1.29, 1.82) is 0 Å². The van der Waals surface area contributed by atoms with Crippen molar-refractivity contribution < 1.29 is 4.79 Å². The van der Waals surface area contributed by atoms with E-state index in [0.717, 1.165) is 18.7 Å². The Balaban J connectivity index is 1.53. The number of rotatable bonds is 3. The van der Waals surface area contributed by atoms with Crippen LogP contribution in [0.3, 0.4) is 0 Å². The zero-order valence-corrected chi connectivity index (χ0v) is 15.7. The van der Waals surface area contributed by atoms with Gasteiger partial charge in [0.1, 0.15) is 5.82 Å². The van der Waals surface area contributed by atoms with E-state index < -0.39 is 0 Å². The topological polar surface area (TPSA) is 45.2 Å². The zero-order valence-electron chi connectivity index (χ0n) is 15.7. The lowest BCUT2D eigenvalue weighted by atomic mass is 9.99. The van der Waals surface area contributed by atoms with Gasteiger partial charge >= 0.3 is 0 Å². The molecule has 0 atom stereocenters. The molecule has 0 unspecified atom stereocenters. The number of fused-ring (bicyclic) bond motifs is 1. The van der Waals surface area contributed by atoms with Crippen LogP contribution in [0.25, 0.3) is 0 Å². The van der Waals surface area contributed by atoms with Gasteiger partial charge in [-0.05, 0) is 66.8 Å². The van der Waals surface area contributed by atoms with Crippen molar-refractivity contribution in [2.24, 2.45) is 0 Å². The predicted molar refractivity (Wildman–Crippen MR) is 108 cm³/mol. The van der Waals surface area contributed by atoms with E-state index >= 15 is 0 Å². The Kier molecular flexibility index (Phi) is 4.63. The van der Waals surface area contributed by atoms with Crippen LogP contribution in [0.15, 0.2) is 60.8 Å². The summed E-state index contributed by atoms with van der Waals surface area (Å²) in [4.78, 5) is 19.3. The minimum Gasteiger partial charge on any atom is -0.340 e. The third-order valence-corrected chi connectivity index (χ3v) is 4.92. The lowest BCUT2D eigenvalue weighted by Gasteiger charge is -2.29. The highest BCUT2D eigenvalue weighted by Crippen LogP contribution is 2.22. The van der Waals surface area contributed by atoms with Gasteiger partial charge in [-0.1, -0.05) is 30.3 Å². The Morgan fingerprint density at radius 3 is 2.52 bits per heavy atom. The van der Waals surface area contributed by atoms with Crippen LogP contribution in [0.2, 0.25) is 0 Å². The van der Waals surface area contributed by atoms with E-state index in [1.165, 1.54) is 22.3 Å². The summed E-state index contributed by atoms with van der Waals surface area (Å²) < 4.78 is 0. The first kappa shape index (κ1) is 17.3. The van der Waals surface area contributed by atoms with Crippen LogP contribution in [0, 0.1) is 13.8 Å². The summed E-state index contributed by atoms with van der Waals surface area (Å²) in [6, 6.07) is 18.2. The average Bonchev–Trinajstić information content (AvgIpc) is 2.66. The third-order valence-electron chi connectivity index (χ3n) is 4.92. The van der Waals surface area contributed by atoms with Crippen LogP contribution in [0.4, 0.5) is 11.5 Å². The molecule has 27 heavy (non-hydrogen) atoms. The quantitative estimate of drug-likeness (QED) is 0.743. The number of carbonyl (C=O) groups excluding carboxylic acids is 1. The van der Waals surface area contributed by atoms with Crippen molar-refractivity contribution in [3.05, 3.63) is 88.6 Å². The third kappa shape index (κ3) is 3.85. The molecule has 1 aromatic heterocycles. The summed E-state index contributed by atoms with van der Waals surface area (Å²) in [5.74, 6) is 0.735. The Hall–Kier alpha value is -3.14. The number of nitrogens with zero attached hydrogens (tertiary/aromatic N) is 2. The van der Waals surface area contributed by atoms with Gasteiger partial charge in [0.05, 0.1) is 0 Å². The summed E-state index contributed by atoms with van der Waals surface area (Å²) in [5.41, 5.74) is 6.61. The molecule has 2 aromatic carbocycles. The number of nitrogens with one attached hydrogen (secondary N) is 1. The molecule has 0 fully saturated rings. The number of aromatic nitrogens is 1. The van der Waals surface area contributed by atoms with Crippen molar-refractivity contribution in [1.82, 2.24) is 9.88 Å². The van der Waals surface area contributed by atoms with Crippen LogP contribution in [-0.4, -0.2) is 22.3 Å². The molecule has 0 bridgehead atoms. The van der Waals surface area contributed by atoms with Gasteiger partial charge in [0.15, 0.2) is 0 Å². The lowest BCUT2D eigenvalue weighted by Crippen LogP contribution is -2.35. The summed E-state index contributed by atoms with van der Waals surface area (Å²) in [6.07, 6.45) is 2.59. The first-order chi connectivity index (χ1) is 13.1. The van der Waals surface area contributed by atoms with Gasteiger partial charge < -0.3 is 10.2 Å². The minimum atomic E-state index is 0.0513. The second-order valence-corrected chi connectivity index (χ2v) is 7.18. The number of pyridine rings is 1. The summed E-state index contributed by atoms with van der Waals surface area (Å²) >= 11 is 0. The summed E-state index contributed by atoms with van der Waals surface area (Å²) in [6.45, 7) is 5.55. The van der Waals surface area contributed by atoms with E-state index in [2.05, 4.69) is 60.5 Å². The summed E-state index contributed by atoms with van der Waals surface area (Å²) in [5, 5.41) is 3.32. The van der Waals surface area contributed by atoms with E-state index in [1.54, 1.807) is 12.3 Å². The maximum atomic E-state index is 13.0. The monoisotopic (exact) mass is 357 g/mol. The van der Waals surface area contributed by atoms with Crippen molar-refractivity contribution in [2.75, 3.05) is 11.9 Å². The molecule has 136 valence electrons. The fourth-order valence-corrected chi connectivity index (χ4v) is 3.68. The van der Waals surface area contributed by atoms with E-state index in [1.807, 2.05) is 17.0 Å². The van der Waals surface area contributed by atoms with Crippen LogP contribution in [-0.2, 0) is 13.0 Å². The number of carbonyl (C=O) groups is 1. The molecular weight excluding hydrogens is 334 g/mol. The van der Waals surface area contributed by atoms with Gasteiger partial charge in [0.25, 0.3) is 5.91 Å². The minimum absolute atomic E-state index is 0.0513. The molecule has 0 saturated heterocycles. The Morgan fingerprint density at radius 2 is 1.74 bits per heavy atom. The van der Waals surface area contributed by atoms with Gasteiger partial charge in [0, 0.05) is 30.5 Å². The van der Waals surface area contributed by atoms with Crippen LogP contribution >= 0.6 is 0 Å². The molecule has 2 heterocycles. The molecule has 0 aliphatic carbocycles. The highest BCUT2D eigenvalue weighted by Gasteiger charge is 2.21. The zero-order chi connectivity index (χ0) is 18.8. The number of hydrogen-bond donors (Lipinski definition) is 1. The fraction of sp³-hybridized carbons (Fsp3) is 0.217. The molecule has 1 N–H and O–H groups in total. The Morgan fingerprint density at radius 1 is 1.00 bits per heavy atom. The van der Waals surface area contributed by atoms with E-state index in [0.29, 0.717) is 17.9 Å². The molecule has 4 rings (SSSR count). The molecule has 1 amide bonds. The van der Waals surface area contributed by atoms with Gasteiger partial charge in [-0.2, -0.15) is 0 Å². The molecular formula is C23H23N3O. The SMILES string of the molecule is Cc1cc(C)cc(Nc2cc(C(=O)N3CCc4ccccc4C3)ccn2)c1. The van der Waals surface area contributed by atoms with Crippen molar-refractivity contribution in [3.8, 4) is 0 Å². The number of amides is 1. The molecule has 0 radical (unpaired) electrons. The van der Waals surface area contributed by atoms with Crippen LogP contribution in [0.5, 0.6) is 0 Å². The maximum absolute atomic E-state index is 13.0. The lowest BCUT2D eigenvalue weighted by molar-refractivity contribution is 0.0734. The maximum Gasteiger partial charge on any atom is 0.254 e. The standard InChI is InChI=1S/C23H23N3O/c1-16-11-17(2)13-21(12-16)25-22-14-19(7-9-24-22)23(27)26-10-8-18-5-3-4-6-20(18)15-26/h3-7,9,11-14H,8,10,15H2,1-2H3,(H,24,25). The molecule has 1 aliphatic rings. The number of anilines is 2. The smallest absolute Gasteiger partial charge is 0.254 e. The number of aryl methyl sites for hydroxylation is 2. The Bertz CT molecular complexity index is 976. The van der Waals surface area contributed by atoms with Gasteiger partial charge in [0.2, 0.25) is 0 Å². The van der Waals surface area contributed by atoms with Crippen molar-refractivity contribution in [2.45, 2.75) is 26.8 Å². The highest BCUT2D eigenvalue weighted by atomic mass is 16.2. The van der Waals surface area contributed by atoms with Crippen molar-refractivity contribution >= 4 is 17.4 Å². The second-order valence-electron chi connectivity index (χ2n) is 7.18. The van der Waals surface area contributed by atoms with Crippen molar-refractivity contribution in [3.63, 3.8) is 0 Å². The Labute approximate surface area is 159 Å². The first-order valence-electron chi connectivity index (χ1n) is 9.26. The average molecular weight is 357 g/mol. The van der Waals surface area contributed by atoms with Gasteiger partial charge in [-0.3, -0.25) is 4.79 Å². The molecule has 1 aliphatic heterocycles. The fourth-order valence-electron chi connectivity index (χ4n) is 3.68. The molecule has 3 aromatic rings. The molecule has 0 saturated carbocycles. The van der Waals surface area contributed by atoms with E-state index in [-0.39, 0.29) is 5.91 Å².